The molecule has 0 unspecified atom stereocenters. The van der Waals surface area contributed by atoms with Crippen molar-refractivity contribution in [2.75, 3.05) is 13.7 Å². The molecule has 2 aromatic rings. The molecule has 1 N–H and O–H groups in total. The van der Waals surface area contributed by atoms with Crippen LogP contribution >= 0.6 is 11.3 Å². The molecule has 0 aliphatic rings. The molecule has 0 saturated heterocycles. The SMILES string of the molecule is Cc1nc(CN(C)S(=O)(=O)c2cnn(CCCO)c2)cs1. The summed E-state index contributed by atoms with van der Waals surface area (Å²) in [6.45, 7) is 2.65. The minimum absolute atomic E-state index is 0.0466. The third-order valence-electron chi connectivity index (χ3n) is 2.91. The van der Waals surface area contributed by atoms with Crippen molar-refractivity contribution in [3.8, 4) is 0 Å². The first kappa shape index (κ1) is 16.1. The Morgan fingerprint density at radius 2 is 2.24 bits per heavy atom. The zero-order chi connectivity index (χ0) is 15.5. The first-order chi connectivity index (χ1) is 9.93. The Hall–Kier alpha value is -1.29. The van der Waals surface area contributed by atoms with E-state index in [9.17, 15) is 8.42 Å². The van der Waals surface area contributed by atoms with Gasteiger partial charge < -0.3 is 5.11 Å². The lowest BCUT2D eigenvalue weighted by molar-refractivity contribution is 0.277. The van der Waals surface area contributed by atoms with Gasteiger partial charge in [-0.3, -0.25) is 4.68 Å². The minimum Gasteiger partial charge on any atom is -0.396 e. The van der Waals surface area contributed by atoms with Crippen LogP contribution in [0.4, 0.5) is 0 Å². The maximum absolute atomic E-state index is 12.4. The summed E-state index contributed by atoms with van der Waals surface area (Å²) in [5.41, 5.74) is 0.733. The van der Waals surface area contributed by atoms with E-state index in [-0.39, 0.29) is 18.0 Å². The van der Waals surface area contributed by atoms with Gasteiger partial charge in [-0.25, -0.2) is 13.4 Å². The summed E-state index contributed by atoms with van der Waals surface area (Å²) in [5, 5.41) is 15.5. The molecule has 0 saturated carbocycles. The highest BCUT2D eigenvalue weighted by molar-refractivity contribution is 7.89. The van der Waals surface area contributed by atoms with Crippen molar-refractivity contribution in [2.45, 2.75) is 31.3 Å². The van der Waals surface area contributed by atoms with Gasteiger partial charge in [-0.05, 0) is 13.3 Å². The predicted molar refractivity (Wildman–Crippen MR) is 79.4 cm³/mol. The van der Waals surface area contributed by atoms with Crippen LogP contribution in [0.15, 0.2) is 22.7 Å². The molecule has 0 aromatic carbocycles. The third-order valence-corrected chi connectivity index (χ3v) is 5.49. The van der Waals surface area contributed by atoms with Crippen LogP contribution in [0.5, 0.6) is 0 Å². The normalized spacial score (nSPS) is 12.2. The van der Waals surface area contributed by atoms with E-state index in [0.717, 1.165) is 10.7 Å². The van der Waals surface area contributed by atoms with Gasteiger partial charge in [0.2, 0.25) is 10.0 Å². The lowest BCUT2D eigenvalue weighted by Crippen LogP contribution is -2.26. The van der Waals surface area contributed by atoms with Gasteiger partial charge in [0.25, 0.3) is 0 Å². The van der Waals surface area contributed by atoms with Crippen LogP contribution in [0, 0.1) is 6.92 Å². The van der Waals surface area contributed by atoms with E-state index in [1.807, 2.05) is 12.3 Å². The Morgan fingerprint density at radius 3 is 2.86 bits per heavy atom. The number of hydrogen-bond donors (Lipinski definition) is 1. The topological polar surface area (TPSA) is 88.3 Å². The summed E-state index contributed by atoms with van der Waals surface area (Å²) in [6.07, 6.45) is 3.35. The van der Waals surface area contributed by atoms with Crippen molar-refractivity contribution < 1.29 is 13.5 Å². The van der Waals surface area contributed by atoms with E-state index >= 15 is 0 Å². The molecule has 0 aliphatic heterocycles. The van der Waals surface area contributed by atoms with Gasteiger partial charge in [-0.1, -0.05) is 0 Å². The van der Waals surface area contributed by atoms with Crippen LogP contribution in [0.2, 0.25) is 0 Å². The van der Waals surface area contributed by atoms with Crippen molar-refractivity contribution >= 4 is 21.4 Å². The molecule has 0 atom stereocenters. The second-order valence-corrected chi connectivity index (χ2v) is 7.74. The largest absolute Gasteiger partial charge is 0.396 e. The van der Waals surface area contributed by atoms with Crippen molar-refractivity contribution in [3.63, 3.8) is 0 Å². The highest BCUT2D eigenvalue weighted by atomic mass is 32.2. The maximum atomic E-state index is 12.4. The van der Waals surface area contributed by atoms with E-state index in [1.165, 1.54) is 39.8 Å². The third kappa shape index (κ3) is 3.88. The Balaban J connectivity index is 2.11. The predicted octanol–water partition coefficient (Wildman–Crippen LogP) is 0.851. The summed E-state index contributed by atoms with van der Waals surface area (Å²) in [7, 11) is -2.06. The maximum Gasteiger partial charge on any atom is 0.246 e. The van der Waals surface area contributed by atoms with Crippen molar-refractivity contribution in [1.29, 1.82) is 0 Å². The van der Waals surface area contributed by atoms with Gasteiger partial charge in [0, 0.05) is 31.8 Å². The number of aromatic nitrogens is 3. The van der Waals surface area contributed by atoms with E-state index < -0.39 is 10.0 Å². The zero-order valence-corrected chi connectivity index (χ0v) is 13.6. The summed E-state index contributed by atoms with van der Waals surface area (Å²) in [6, 6.07) is 0. The number of aryl methyl sites for hydroxylation is 2. The van der Waals surface area contributed by atoms with Crippen molar-refractivity contribution in [2.24, 2.45) is 0 Å². The molecule has 21 heavy (non-hydrogen) atoms. The van der Waals surface area contributed by atoms with E-state index in [1.54, 1.807) is 0 Å². The Morgan fingerprint density at radius 1 is 1.48 bits per heavy atom. The van der Waals surface area contributed by atoms with Crippen molar-refractivity contribution in [1.82, 2.24) is 19.1 Å². The highest BCUT2D eigenvalue weighted by Gasteiger charge is 2.23. The number of hydrogen-bond acceptors (Lipinski definition) is 6. The van der Waals surface area contributed by atoms with Crippen LogP contribution in [-0.2, 0) is 23.1 Å². The van der Waals surface area contributed by atoms with Crippen LogP contribution in [-0.4, -0.2) is 46.2 Å². The van der Waals surface area contributed by atoms with Crippen molar-refractivity contribution in [3.05, 3.63) is 28.5 Å². The number of thiazole rings is 1. The molecule has 9 heteroatoms. The van der Waals surface area contributed by atoms with Crippen LogP contribution in [0.25, 0.3) is 0 Å². The quantitative estimate of drug-likeness (QED) is 0.813. The molecule has 0 amide bonds. The fourth-order valence-corrected chi connectivity index (χ4v) is 3.51. The Labute approximate surface area is 127 Å². The smallest absolute Gasteiger partial charge is 0.246 e. The molecule has 0 bridgehead atoms. The number of rotatable bonds is 7. The van der Waals surface area contributed by atoms with Gasteiger partial charge in [0.1, 0.15) is 4.90 Å². The number of aliphatic hydroxyl groups excluding tert-OH is 1. The molecular weight excluding hydrogens is 312 g/mol. The summed E-state index contributed by atoms with van der Waals surface area (Å²) < 4.78 is 27.6. The molecule has 7 nitrogen and oxygen atoms in total. The monoisotopic (exact) mass is 330 g/mol. The summed E-state index contributed by atoms with van der Waals surface area (Å²) in [4.78, 5) is 4.42. The lowest BCUT2D eigenvalue weighted by Gasteiger charge is -2.14. The molecule has 0 radical (unpaired) electrons. The molecule has 2 rings (SSSR count). The Bertz CT molecular complexity index is 693. The van der Waals surface area contributed by atoms with Gasteiger partial charge >= 0.3 is 0 Å². The second kappa shape index (κ2) is 6.65. The van der Waals surface area contributed by atoms with Gasteiger partial charge in [-0.2, -0.15) is 9.40 Å². The minimum atomic E-state index is -3.58. The molecule has 0 fully saturated rings. The molecule has 0 aliphatic carbocycles. The zero-order valence-electron chi connectivity index (χ0n) is 11.9. The molecule has 0 spiro atoms. The molecule has 116 valence electrons. The first-order valence-electron chi connectivity index (χ1n) is 6.44. The van der Waals surface area contributed by atoms with E-state index in [4.69, 9.17) is 5.11 Å². The fraction of sp³-hybridized carbons (Fsp3) is 0.500. The first-order valence-corrected chi connectivity index (χ1v) is 8.76. The fourth-order valence-electron chi connectivity index (χ4n) is 1.81. The van der Waals surface area contributed by atoms with E-state index in [2.05, 4.69) is 10.1 Å². The average Bonchev–Trinajstić information content (AvgIpc) is 3.06. The second-order valence-electron chi connectivity index (χ2n) is 4.64. The van der Waals surface area contributed by atoms with Gasteiger partial charge in [-0.15, -0.1) is 11.3 Å². The summed E-state index contributed by atoms with van der Waals surface area (Å²) >= 11 is 1.49. The van der Waals surface area contributed by atoms with Gasteiger partial charge in [0.15, 0.2) is 0 Å². The summed E-state index contributed by atoms with van der Waals surface area (Å²) in [5.74, 6) is 0. The lowest BCUT2D eigenvalue weighted by atomic mass is 10.5. The Kier molecular flexibility index (Phi) is 5.09. The molecule has 2 aromatic heterocycles. The van der Waals surface area contributed by atoms with Crippen LogP contribution in [0.3, 0.4) is 0 Å². The standard InChI is InChI=1S/C12H18N4O3S2/c1-10-14-11(9-20-10)7-15(2)21(18,19)12-6-13-16(8-12)4-3-5-17/h6,8-9,17H,3-5,7H2,1-2H3. The number of sulfonamides is 1. The van der Waals surface area contributed by atoms with Gasteiger partial charge in [0.05, 0.1) is 23.4 Å². The number of nitrogens with zero attached hydrogens (tertiary/aromatic N) is 4. The molecular formula is C12H18N4O3S2. The number of aliphatic hydroxyl groups is 1. The highest BCUT2D eigenvalue weighted by Crippen LogP contribution is 2.17. The van der Waals surface area contributed by atoms with Crippen LogP contribution in [0.1, 0.15) is 17.1 Å². The molecule has 2 heterocycles. The van der Waals surface area contributed by atoms with Crippen LogP contribution < -0.4 is 0 Å². The average molecular weight is 330 g/mol. The van der Waals surface area contributed by atoms with E-state index in [0.29, 0.717) is 13.0 Å².